The van der Waals surface area contributed by atoms with E-state index in [2.05, 4.69) is 30.2 Å². The lowest BCUT2D eigenvalue weighted by Gasteiger charge is -2.07. The minimum absolute atomic E-state index is 0.267. The van der Waals surface area contributed by atoms with Gasteiger partial charge >= 0.3 is 0 Å². The van der Waals surface area contributed by atoms with Gasteiger partial charge in [-0.05, 0) is 25.3 Å². The summed E-state index contributed by atoms with van der Waals surface area (Å²) in [6, 6.07) is 8.06. The zero-order chi connectivity index (χ0) is 15.2. The first-order valence-corrected chi connectivity index (χ1v) is 7.36. The van der Waals surface area contributed by atoms with Crippen molar-refractivity contribution in [2.45, 2.75) is 39.0 Å². The summed E-state index contributed by atoms with van der Waals surface area (Å²) in [5.41, 5.74) is 3.13. The Balaban J connectivity index is 2.21. The van der Waals surface area contributed by atoms with Crippen LogP contribution in [0.3, 0.4) is 0 Å². The second-order valence-corrected chi connectivity index (χ2v) is 5.32. The lowest BCUT2D eigenvalue weighted by atomic mass is 10.00. The van der Waals surface area contributed by atoms with Crippen molar-refractivity contribution in [3.63, 3.8) is 0 Å². The van der Waals surface area contributed by atoms with E-state index in [-0.39, 0.29) is 5.92 Å². The van der Waals surface area contributed by atoms with Gasteiger partial charge in [0.2, 0.25) is 11.7 Å². The van der Waals surface area contributed by atoms with Gasteiger partial charge in [-0.2, -0.15) is 4.98 Å². The quantitative estimate of drug-likeness (QED) is 0.653. The van der Waals surface area contributed by atoms with Crippen molar-refractivity contribution in [3.05, 3.63) is 55.0 Å². The lowest BCUT2D eigenvalue weighted by molar-refractivity contribution is 0.346. The number of benzene rings is 1. The molecule has 0 saturated heterocycles. The standard InChI is InChI=1S/C18H22N2O/c1-5-7-16(8-6-2)18-19-17(20-21-18)15-11-9-14(10-12-15)13(3)4/h5,9-12,16H,1,3,6-8H2,2,4H3/t16-/m0/s1. The number of hydrogen-bond donors (Lipinski definition) is 0. The Morgan fingerprint density at radius 3 is 2.62 bits per heavy atom. The molecule has 0 aliphatic heterocycles. The molecular formula is C18H22N2O. The van der Waals surface area contributed by atoms with E-state index in [1.54, 1.807) is 0 Å². The molecule has 1 aromatic carbocycles. The molecule has 0 saturated carbocycles. The largest absolute Gasteiger partial charge is 0.339 e. The Kier molecular flexibility index (Phi) is 5.09. The van der Waals surface area contributed by atoms with Gasteiger partial charge in [-0.1, -0.05) is 61.0 Å². The Morgan fingerprint density at radius 1 is 1.33 bits per heavy atom. The van der Waals surface area contributed by atoms with Gasteiger partial charge in [-0.25, -0.2) is 0 Å². The predicted molar refractivity (Wildman–Crippen MR) is 86.9 cm³/mol. The van der Waals surface area contributed by atoms with Crippen LogP contribution in [0, 0.1) is 0 Å². The lowest BCUT2D eigenvalue weighted by Crippen LogP contribution is -1.97. The van der Waals surface area contributed by atoms with E-state index in [9.17, 15) is 0 Å². The first-order chi connectivity index (χ1) is 10.2. The summed E-state index contributed by atoms with van der Waals surface area (Å²) in [6.45, 7) is 11.9. The SMILES string of the molecule is C=CC[C@@H](CCC)c1nc(-c2ccc(C(=C)C)cc2)no1. The number of rotatable bonds is 7. The van der Waals surface area contributed by atoms with Gasteiger partial charge in [-0.3, -0.25) is 0 Å². The van der Waals surface area contributed by atoms with Crippen LogP contribution in [-0.4, -0.2) is 10.1 Å². The Bertz CT molecular complexity index is 610. The van der Waals surface area contributed by atoms with Crippen LogP contribution in [-0.2, 0) is 0 Å². The monoisotopic (exact) mass is 282 g/mol. The smallest absolute Gasteiger partial charge is 0.230 e. The van der Waals surface area contributed by atoms with Crippen LogP contribution < -0.4 is 0 Å². The van der Waals surface area contributed by atoms with Gasteiger partial charge in [0.25, 0.3) is 0 Å². The maximum absolute atomic E-state index is 5.44. The Morgan fingerprint density at radius 2 is 2.05 bits per heavy atom. The molecule has 1 atom stereocenters. The minimum atomic E-state index is 0.267. The molecule has 2 aromatic rings. The van der Waals surface area contributed by atoms with E-state index in [1.165, 1.54) is 0 Å². The molecule has 2 rings (SSSR count). The average molecular weight is 282 g/mol. The molecule has 21 heavy (non-hydrogen) atoms. The fourth-order valence-corrected chi connectivity index (χ4v) is 2.31. The molecule has 0 aliphatic carbocycles. The molecule has 0 aliphatic rings. The van der Waals surface area contributed by atoms with Crippen LogP contribution in [0.15, 0.2) is 48.0 Å². The summed E-state index contributed by atoms with van der Waals surface area (Å²) in [5.74, 6) is 1.61. The van der Waals surface area contributed by atoms with E-state index in [0.717, 1.165) is 36.0 Å². The first kappa shape index (κ1) is 15.2. The fraction of sp³-hybridized carbons (Fsp3) is 0.333. The van der Waals surface area contributed by atoms with Crippen molar-refractivity contribution in [2.75, 3.05) is 0 Å². The summed E-state index contributed by atoms with van der Waals surface area (Å²) in [5, 5.41) is 4.10. The first-order valence-electron chi connectivity index (χ1n) is 7.36. The molecule has 0 spiro atoms. The van der Waals surface area contributed by atoms with Crippen molar-refractivity contribution in [2.24, 2.45) is 0 Å². The second-order valence-electron chi connectivity index (χ2n) is 5.32. The van der Waals surface area contributed by atoms with Crippen molar-refractivity contribution >= 4 is 5.57 Å². The van der Waals surface area contributed by atoms with Gasteiger partial charge in [0, 0.05) is 11.5 Å². The van der Waals surface area contributed by atoms with Gasteiger partial charge in [-0.15, -0.1) is 6.58 Å². The van der Waals surface area contributed by atoms with Crippen LogP contribution in [0.2, 0.25) is 0 Å². The molecular weight excluding hydrogens is 260 g/mol. The third-order valence-electron chi connectivity index (χ3n) is 3.52. The molecule has 110 valence electrons. The van der Waals surface area contributed by atoms with Crippen molar-refractivity contribution in [1.82, 2.24) is 10.1 Å². The topological polar surface area (TPSA) is 38.9 Å². The molecule has 0 radical (unpaired) electrons. The van der Waals surface area contributed by atoms with Gasteiger partial charge < -0.3 is 4.52 Å². The van der Waals surface area contributed by atoms with Gasteiger partial charge in [0.15, 0.2) is 0 Å². The highest BCUT2D eigenvalue weighted by atomic mass is 16.5. The van der Waals surface area contributed by atoms with Gasteiger partial charge in [0.1, 0.15) is 0 Å². The molecule has 0 unspecified atom stereocenters. The minimum Gasteiger partial charge on any atom is -0.339 e. The normalized spacial score (nSPS) is 12.1. The zero-order valence-corrected chi connectivity index (χ0v) is 12.8. The second kappa shape index (κ2) is 7.02. The molecule has 3 heteroatoms. The maximum atomic E-state index is 5.44. The summed E-state index contributed by atoms with van der Waals surface area (Å²) in [4.78, 5) is 4.54. The molecule has 0 amide bonds. The van der Waals surface area contributed by atoms with Crippen molar-refractivity contribution in [1.29, 1.82) is 0 Å². The summed E-state index contributed by atoms with van der Waals surface area (Å²) in [6.07, 6.45) is 4.89. The van der Waals surface area contributed by atoms with Crippen LogP contribution in [0.25, 0.3) is 17.0 Å². The van der Waals surface area contributed by atoms with E-state index < -0.39 is 0 Å². The average Bonchev–Trinajstić information content (AvgIpc) is 2.97. The number of hydrogen-bond acceptors (Lipinski definition) is 3. The fourth-order valence-electron chi connectivity index (χ4n) is 2.31. The molecule has 3 nitrogen and oxygen atoms in total. The summed E-state index contributed by atoms with van der Waals surface area (Å²) in [7, 11) is 0. The highest BCUT2D eigenvalue weighted by Gasteiger charge is 2.17. The highest BCUT2D eigenvalue weighted by Crippen LogP contribution is 2.26. The molecule has 0 fully saturated rings. The maximum Gasteiger partial charge on any atom is 0.230 e. The predicted octanol–water partition coefficient (Wildman–Crippen LogP) is 5.23. The third-order valence-corrected chi connectivity index (χ3v) is 3.52. The number of nitrogens with zero attached hydrogens (tertiary/aromatic N) is 2. The highest BCUT2D eigenvalue weighted by molar-refractivity contribution is 5.65. The molecule has 1 aromatic heterocycles. The Labute approximate surface area is 126 Å². The zero-order valence-electron chi connectivity index (χ0n) is 12.8. The van der Waals surface area contributed by atoms with E-state index in [1.807, 2.05) is 37.3 Å². The van der Waals surface area contributed by atoms with Crippen LogP contribution >= 0.6 is 0 Å². The third kappa shape index (κ3) is 3.69. The Hall–Kier alpha value is -2.16. The summed E-state index contributed by atoms with van der Waals surface area (Å²) >= 11 is 0. The summed E-state index contributed by atoms with van der Waals surface area (Å²) < 4.78 is 5.44. The molecule has 0 bridgehead atoms. The van der Waals surface area contributed by atoms with Crippen molar-refractivity contribution < 1.29 is 4.52 Å². The van der Waals surface area contributed by atoms with E-state index >= 15 is 0 Å². The van der Waals surface area contributed by atoms with E-state index in [4.69, 9.17) is 4.52 Å². The van der Waals surface area contributed by atoms with Crippen LogP contribution in [0.4, 0.5) is 0 Å². The van der Waals surface area contributed by atoms with Crippen molar-refractivity contribution in [3.8, 4) is 11.4 Å². The van der Waals surface area contributed by atoms with Crippen LogP contribution in [0.1, 0.15) is 50.5 Å². The van der Waals surface area contributed by atoms with Gasteiger partial charge in [0.05, 0.1) is 0 Å². The number of allylic oxidation sites excluding steroid dienone is 2. The van der Waals surface area contributed by atoms with Crippen LogP contribution in [0.5, 0.6) is 0 Å². The molecule has 0 N–H and O–H groups in total. The van der Waals surface area contributed by atoms with E-state index in [0.29, 0.717) is 11.7 Å². The molecule has 1 heterocycles. The number of aromatic nitrogens is 2.